The van der Waals surface area contributed by atoms with Crippen molar-refractivity contribution in [3.05, 3.63) is 252 Å². The van der Waals surface area contributed by atoms with Gasteiger partial charge in [0, 0.05) is 47.8 Å². The van der Waals surface area contributed by atoms with Gasteiger partial charge in [-0.1, -0.05) is 201 Å². The van der Waals surface area contributed by atoms with E-state index in [1.165, 1.54) is 54.8 Å². The first kappa shape index (κ1) is 74.8. The fourth-order valence-electron chi connectivity index (χ4n) is 14.7. The van der Waals surface area contributed by atoms with Crippen molar-refractivity contribution in [3.8, 4) is 49.5 Å². The van der Waals surface area contributed by atoms with E-state index in [4.69, 9.17) is 108 Å². The van der Waals surface area contributed by atoms with Gasteiger partial charge in [0.25, 0.3) is 0 Å². The van der Waals surface area contributed by atoms with Crippen LogP contribution in [0.2, 0.25) is 38.8 Å². The zero-order chi connectivity index (χ0) is 72.2. The summed E-state index contributed by atoms with van der Waals surface area (Å²) in [5, 5.41) is 27.9. The second-order valence-corrected chi connectivity index (χ2v) is 33.6. The molecule has 0 spiro atoms. The summed E-state index contributed by atoms with van der Waals surface area (Å²) < 4.78 is 8.00. The van der Waals surface area contributed by atoms with Gasteiger partial charge in [-0.15, -0.1) is 22.7 Å². The first-order valence-electron chi connectivity index (χ1n) is 34.8. The van der Waals surface area contributed by atoms with Gasteiger partial charge in [-0.05, 0) is 199 Å². The van der Waals surface area contributed by atoms with Crippen molar-refractivity contribution >= 4 is 149 Å². The SMILES string of the molecule is C[C@@H](NC(=O)C1CCCc2c1nn(-c1ccc(Cl)cc1Cl)c2-c1ccc(Cl)s1)C1CCCCC1.C[C@@H](NC(=O)[C@@H]1CCCc2c1nn(-c1ccc(Cl)cc1Cl)c2-c1ccc(Br)cc1)c1ccccc1.C[C@@H](NC(=O)[C@H]1CCCc2c1nn(-c1ccc(Cl)cc1Cl)c2-c1ccc(Cl)s1)c1ccccc1. The maximum atomic E-state index is 13.5. The Morgan fingerprint density at radius 1 is 0.427 bits per heavy atom. The molecule has 15 rings (SSSR count). The number of fused-ring (bicyclic) bond motifs is 3. The summed E-state index contributed by atoms with van der Waals surface area (Å²) in [7, 11) is 0. The van der Waals surface area contributed by atoms with E-state index in [2.05, 4.69) is 50.9 Å². The second kappa shape index (κ2) is 33.6. The van der Waals surface area contributed by atoms with Gasteiger partial charge in [0.2, 0.25) is 17.7 Å². The molecule has 4 aliphatic carbocycles. The smallest absolute Gasteiger partial charge is 0.229 e. The number of hydrogen-bond donors (Lipinski definition) is 3. The van der Waals surface area contributed by atoms with E-state index in [1.54, 1.807) is 30.3 Å². The lowest BCUT2D eigenvalue weighted by atomic mass is 9.83. The highest BCUT2D eigenvalue weighted by atomic mass is 79.9. The van der Waals surface area contributed by atoms with Gasteiger partial charge in [-0.2, -0.15) is 15.3 Å². The second-order valence-electron chi connectivity index (χ2n) is 26.7. The average molecular weight is 1640 g/mol. The Morgan fingerprint density at radius 3 is 1.17 bits per heavy atom. The highest BCUT2D eigenvalue weighted by Crippen LogP contribution is 2.47. The van der Waals surface area contributed by atoms with Crippen molar-refractivity contribution in [3.63, 3.8) is 0 Å². The third-order valence-electron chi connectivity index (χ3n) is 19.9. The number of halogens is 9. The first-order valence-corrected chi connectivity index (χ1v) is 40.2. The first-order chi connectivity index (χ1) is 49.8. The van der Waals surface area contributed by atoms with Crippen LogP contribution in [0.15, 0.2) is 168 Å². The highest BCUT2D eigenvalue weighted by molar-refractivity contribution is 9.10. The van der Waals surface area contributed by atoms with Gasteiger partial charge in [0.05, 0.1) is 115 Å². The molecule has 532 valence electrons. The fourth-order valence-corrected chi connectivity index (χ4v) is 18.7. The maximum Gasteiger partial charge on any atom is 0.229 e. The number of nitrogens with one attached hydrogen (secondary N) is 3. The molecule has 5 heterocycles. The molecule has 11 aromatic rings. The molecule has 6 aromatic carbocycles. The Kier molecular flexibility index (Phi) is 24.4. The molecule has 23 heteroatoms. The van der Waals surface area contributed by atoms with Crippen LogP contribution in [0.25, 0.3) is 49.5 Å². The number of hydrogen-bond acceptors (Lipinski definition) is 8. The molecule has 4 aliphatic rings. The third-order valence-corrected chi connectivity index (χ3v) is 24.5. The minimum atomic E-state index is -0.337. The van der Waals surface area contributed by atoms with E-state index in [0.717, 1.165) is 157 Å². The third kappa shape index (κ3) is 16.9. The van der Waals surface area contributed by atoms with Gasteiger partial charge < -0.3 is 16.0 Å². The van der Waals surface area contributed by atoms with E-state index in [-0.39, 0.29) is 53.6 Å². The number of aromatic nitrogens is 6. The minimum Gasteiger partial charge on any atom is -0.353 e. The molecular formula is C80H74BrCl8N9O3S2. The van der Waals surface area contributed by atoms with E-state index in [0.29, 0.717) is 44.7 Å². The Labute approximate surface area is 656 Å². The lowest BCUT2D eigenvalue weighted by Gasteiger charge is -2.30. The topological polar surface area (TPSA) is 141 Å². The Bertz CT molecular complexity index is 4880. The van der Waals surface area contributed by atoms with Crippen LogP contribution >= 0.6 is 131 Å². The van der Waals surface area contributed by atoms with Gasteiger partial charge in [0.1, 0.15) is 0 Å². The molecule has 3 amide bonds. The van der Waals surface area contributed by atoms with Gasteiger partial charge >= 0.3 is 0 Å². The average Bonchev–Trinajstić information content (AvgIpc) is 1.62. The minimum absolute atomic E-state index is 0.00323. The predicted molar refractivity (Wildman–Crippen MR) is 428 cm³/mol. The van der Waals surface area contributed by atoms with E-state index in [9.17, 15) is 14.4 Å². The van der Waals surface area contributed by atoms with Crippen molar-refractivity contribution < 1.29 is 14.4 Å². The van der Waals surface area contributed by atoms with Gasteiger partial charge in [-0.3, -0.25) is 14.4 Å². The molecule has 1 unspecified atom stereocenters. The van der Waals surface area contributed by atoms with Crippen molar-refractivity contribution in [1.82, 2.24) is 45.3 Å². The molecule has 3 N–H and O–H groups in total. The summed E-state index contributed by atoms with van der Waals surface area (Å²) in [6.45, 7) is 6.17. The lowest BCUT2D eigenvalue weighted by molar-refractivity contribution is -0.124. The molecule has 0 aliphatic heterocycles. The van der Waals surface area contributed by atoms with Crippen molar-refractivity contribution in [2.75, 3.05) is 0 Å². The Morgan fingerprint density at radius 2 is 0.796 bits per heavy atom. The van der Waals surface area contributed by atoms with Crippen molar-refractivity contribution in [1.29, 1.82) is 0 Å². The molecule has 6 atom stereocenters. The van der Waals surface area contributed by atoms with Crippen LogP contribution in [0.5, 0.6) is 0 Å². The molecule has 0 bridgehead atoms. The highest BCUT2D eigenvalue weighted by Gasteiger charge is 2.39. The molecule has 12 nitrogen and oxygen atoms in total. The standard InChI is InChI=1S/C28H24BrCl2N3O.C26H28Cl3N3OS.C26H22Cl3N3OS/c1-17(18-6-3-2-4-7-18)32-28(35)23-9-5-8-22-26(23)33-34(25-15-14-21(30)16-24(25)31)27(22)19-10-12-20(29)13-11-19;2*1-15(16-6-3-2-4-7-16)30-26(33)19-9-5-8-18-24(19)31-32(21-11-10-17(27)14-20(21)28)25(18)22-12-13-23(29)34-22/h2-4,6-7,10-17,23H,5,8-9H2,1H3,(H,32,35);10-16,19H,2-9H2,1H3,(H,30,33);2-4,6-7,10-15,19H,5,8-9H2,1H3,(H,30,33)/t17-,23-;15-,19?;15-,19+/m111/s1. The number of amides is 3. The van der Waals surface area contributed by atoms with Crippen molar-refractivity contribution in [2.45, 2.75) is 147 Å². The molecule has 1 saturated carbocycles. The lowest BCUT2D eigenvalue weighted by Crippen LogP contribution is -2.42. The number of benzene rings is 6. The number of nitrogens with zero attached hydrogens (tertiary/aromatic N) is 6. The molecule has 1 fully saturated rings. The molecular weight excluding hydrogens is 1560 g/mol. The zero-order valence-corrected chi connectivity index (χ0v) is 65.9. The normalized spacial score (nSPS) is 17.2. The molecule has 0 saturated heterocycles. The van der Waals surface area contributed by atoms with Crippen LogP contribution < -0.4 is 16.0 Å². The van der Waals surface area contributed by atoms with Crippen LogP contribution in [0.4, 0.5) is 0 Å². The van der Waals surface area contributed by atoms with Crippen molar-refractivity contribution in [2.24, 2.45) is 5.92 Å². The van der Waals surface area contributed by atoms with Crippen LogP contribution in [-0.4, -0.2) is 53.1 Å². The monoisotopic (exact) mass is 1630 g/mol. The maximum absolute atomic E-state index is 13.5. The Hall–Kier alpha value is -6.44. The molecule has 0 radical (unpaired) electrons. The summed E-state index contributed by atoms with van der Waals surface area (Å²) in [4.78, 5) is 42.4. The summed E-state index contributed by atoms with van der Waals surface area (Å²) in [6.07, 6.45) is 13.8. The number of rotatable bonds is 15. The number of carbonyl (C=O) groups is 3. The largest absolute Gasteiger partial charge is 0.353 e. The number of carbonyl (C=O) groups excluding carboxylic acids is 3. The zero-order valence-electron chi connectivity index (χ0n) is 56.7. The van der Waals surface area contributed by atoms with Crippen LogP contribution in [-0.2, 0) is 33.6 Å². The summed E-state index contributed by atoms with van der Waals surface area (Å²) >= 11 is 57.4. The molecule has 103 heavy (non-hydrogen) atoms. The van der Waals surface area contributed by atoms with E-state index < -0.39 is 0 Å². The van der Waals surface area contributed by atoms with Gasteiger partial charge in [-0.25, -0.2) is 14.0 Å². The summed E-state index contributed by atoms with van der Waals surface area (Å²) in [6, 6.07) is 52.0. The van der Waals surface area contributed by atoms with Crippen LogP contribution in [0, 0.1) is 5.92 Å². The van der Waals surface area contributed by atoms with Gasteiger partial charge in [0.15, 0.2) is 0 Å². The predicted octanol–water partition coefficient (Wildman–Crippen LogP) is 23.8. The Balaban J connectivity index is 0.000000138. The quantitative estimate of drug-likeness (QED) is 0.0934. The summed E-state index contributed by atoms with van der Waals surface area (Å²) in [5.74, 6) is -0.299. The number of thiophene rings is 2. The van der Waals surface area contributed by atoms with Crippen LogP contribution in [0.3, 0.4) is 0 Å². The van der Waals surface area contributed by atoms with E-state index in [1.807, 2.05) is 149 Å². The fraction of sp³-hybridized carbons (Fsp3) is 0.300. The molecule has 5 aromatic heterocycles. The summed E-state index contributed by atoms with van der Waals surface area (Å²) in [5.41, 5.74) is 14.0. The van der Waals surface area contributed by atoms with E-state index >= 15 is 0 Å². The van der Waals surface area contributed by atoms with Crippen LogP contribution in [0.1, 0.15) is 166 Å².